The van der Waals surface area contributed by atoms with Crippen molar-refractivity contribution in [3.8, 4) is 0 Å². The molecule has 2 unspecified atom stereocenters. The number of hydrogen-bond acceptors (Lipinski definition) is 3. The van der Waals surface area contributed by atoms with Gasteiger partial charge in [-0.3, -0.25) is 4.79 Å². The first-order chi connectivity index (χ1) is 5.25. The fourth-order valence-electron chi connectivity index (χ4n) is 0.458. The molecule has 12 heavy (non-hydrogen) atoms. The van der Waals surface area contributed by atoms with Crippen LogP contribution in [0.25, 0.3) is 0 Å². The number of hydrogen-bond donors (Lipinski definition) is 1. The molecule has 7 heteroatoms. The molecule has 3 nitrogen and oxygen atoms in total. The molecule has 0 saturated heterocycles. The van der Waals surface area contributed by atoms with Gasteiger partial charge < -0.3 is 9.84 Å². The van der Waals surface area contributed by atoms with Crippen molar-refractivity contribution in [1.82, 2.24) is 0 Å². The monoisotopic (exact) mass is 190 g/mol. The van der Waals surface area contributed by atoms with E-state index in [2.05, 4.69) is 4.74 Å². The Balaban J connectivity index is 4.35. The van der Waals surface area contributed by atoms with Gasteiger partial charge in [0.05, 0.1) is 0 Å². The molecule has 0 aromatic rings. The Kier molecular flexibility index (Phi) is 3.44. The van der Waals surface area contributed by atoms with Crippen molar-refractivity contribution in [2.24, 2.45) is 0 Å². The van der Waals surface area contributed by atoms with Gasteiger partial charge in [0.15, 0.2) is 0 Å². The lowest BCUT2D eigenvalue weighted by Gasteiger charge is -2.19. The molecular formula is C5H6F4O3. The number of carbonyl (C=O) groups excluding carboxylic acids is 1. The Morgan fingerprint density at radius 2 is 1.92 bits per heavy atom. The minimum Gasteiger partial charge on any atom is -0.447 e. The molecule has 0 aliphatic heterocycles. The van der Waals surface area contributed by atoms with Crippen molar-refractivity contribution in [2.45, 2.75) is 25.6 Å². The second kappa shape index (κ2) is 3.70. The first-order valence-corrected chi connectivity index (χ1v) is 2.81. The van der Waals surface area contributed by atoms with Gasteiger partial charge in [0.1, 0.15) is 0 Å². The largest absolute Gasteiger partial charge is 0.447 e. The number of ether oxygens (including phenoxy) is 1. The predicted molar refractivity (Wildman–Crippen MR) is 28.7 cm³/mol. The molecule has 0 aliphatic rings. The normalized spacial score (nSPS) is 16.8. The number of alkyl halides is 4. The topological polar surface area (TPSA) is 46.5 Å². The highest BCUT2D eigenvalue weighted by Crippen LogP contribution is 2.25. The quantitative estimate of drug-likeness (QED) is 0.516. The number of aliphatic hydroxyl groups is 1. The first kappa shape index (κ1) is 11.2. The molecule has 0 heterocycles. The summed E-state index contributed by atoms with van der Waals surface area (Å²) in [5.74, 6) is -1.31. The first-order valence-electron chi connectivity index (χ1n) is 2.81. The van der Waals surface area contributed by atoms with E-state index in [1.807, 2.05) is 0 Å². The van der Waals surface area contributed by atoms with Crippen molar-refractivity contribution in [1.29, 1.82) is 0 Å². The number of aliphatic hydroxyl groups excluding tert-OH is 1. The third-order valence-corrected chi connectivity index (χ3v) is 0.865. The van der Waals surface area contributed by atoms with E-state index in [1.54, 1.807) is 0 Å². The van der Waals surface area contributed by atoms with Crippen LogP contribution in [-0.4, -0.2) is 29.7 Å². The summed E-state index contributed by atoms with van der Waals surface area (Å²) in [5.41, 5.74) is 0. The van der Waals surface area contributed by atoms with Gasteiger partial charge in [0.2, 0.25) is 6.36 Å². The van der Waals surface area contributed by atoms with E-state index in [-0.39, 0.29) is 0 Å². The molecule has 0 aromatic carbocycles. The summed E-state index contributed by atoms with van der Waals surface area (Å²) >= 11 is 0. The molecule has 0 aliphatic carbocycles. The summed E-state index contributed by atoms with van der Waals surface area (Å²) in [4.78, 5) is 10.0. The van der Waals surface area contributed by atoms with Gasteiger partial charge in [-0.05, 0) is 0 Å². The van der Waals surface area contributed by atoms with Crippen molar-refractivity contribution < 1.29 is 32.2 Å². The summed E-state index contributed by atoms with van der Waals surface area (Å²) in [6, 6.07) is 0. The molecular weight excluding hydrogens is 184 g/mol. The van der Waals surface area contributed by atoms with Crippen LogP contribution in [0.15, 0.2) is 0 Å². The summed E-state index contributed by atoms with van der Waals surface area (Å²) in [6.07, 6.45) is -11.5. The molecule has 0 radical (unpaired) electrons. The summed E-state index contributed by atoms with van der Waals surface area (Å²) in [7, 11) is 0. The fourth-order valence-corrected chi connectivity index (χ4v) is 0.458. The number of rotatable bonds is 2. The average molecular weight is 190 g/mol. The lowest BCUT2D eigenvalue weighted by molar-refractivity contribution is -0.259. The summed E-state index contributed by atoms with van der Waals surface area (Å²) in [5, 5.41) is 7.93. The Morgan fingerprint density at radius 3 is 2.00 bits per heavy atom. The maximum atomic E-state index is 11.8. The van der Waals surface area contributed by atoms with Crippen LogP contribution in [0.5, 0.6) is 0 Å². The van der Waals surface area contributed by atoms with Gasteiger partial charge in [0.25, 0.3) is 6.10 Å². The molecule has 72 valence electrons. The van der Waals surface area contributed by atoms with E-state index in [1.165, 1.54) is 0 Å². The van der Waals surface area contributed by atoms with Crippen molar-refractivity contribution >= 4 is 5.97 Å². The Bertz CT molecular complexity index is 165. The molecule has 0 saturated carbocycles. The van der Waals surface area contributed by atoms with E-state index in [4.69, 9.17) is 5.11 Å². The number of carbonyl (C=O) groups is 1. The average Bonchev–Trinajstić information content (AvgIpc) is 1.79. The van der Waals surface area contributed by atoms with Crippen LogP contribution in [-0.2, 0) is 9.53 Å². The van der Waals surface area contributed by atoms with Crippen LogP contribution in [0.2, 0.25) is 0 Å². The van der Waals surface area contributed by atoms with Gasteiger partial charge in [-0.15, -0.1) is 0 Å². The van der Waals surface area contributed by atoms with E-state index >= 15 is 0 Å². The molecule has 0 aromatic heterocycles. The van der Waals surface area contributed by atoms with Crippen molar-refractivity contribution in [3.63, 3.8) is 0 Å². The standard InChI is InChI=1S/C5H6F4O3/c1-2(10)12-3(4(6)11)5(7,8)9/h3-4,11H,1H3. The number of esters is 1. The van der Waals surface area contributed by atoms with Crippen LogP contribution in [0.4, 0.5) is 17.6 Å². The van der Waals surface area contributed by atoms with E-state index < -0.39 is 24.6 Å². The zero-order valence-electron chi connectivity index (χ0n) is 5.93. The molecule has 0 spiro atoms. The van der Waals surface area contributed by atoms with Crippen LogP contribution >= 0.6 is 0 Å². The fraction of sp³-hybridized carbons (Fsp3) is 0.800. The highest BCUT2D eigenvalue weighted by molar-refractivity contribution is 5.66. The Hall–Kier alpha value is -0.850. The highest BCUT2D eigenvalue weighted by atomic mass is 19.4. The Morgan fingerprint density at radius 1 is 1.50 bits per heavy atom. The second-order valence-corrected chi connectivity index (χ2v) is 1.94. The predicted octanol–water partition coefficient (Wildman–Crippen LogP) is 0.768. The maximum Gasteiger partial charge on any atom is 0.430 e. The third kappa shape index (κ3) is 3.51. The summed E-state index contributed by atoms with van der Waals surface area (Å²) in [6.45, 7) is 0.682. The Labute approximate surface area is 64.9 Å². The lowest BCUT2D eigenvalue weighted by Crippen LogP contribution is -2.40. The van der Waals surface area contributed by atoms with Crippen LogP contribution in [0.3, 0.4) is 0 Å². The molecule has 0 rings (SSSR count). The zero-order chi connectivity index (χ0) is 9.94. The SMILES string of the molecule is CC(=O)OC(C(O)F)C(F)(F)F. The second-order valence-electron chi connectivity index (χ2n) is 1.94. The minimum atomic E-state index is -5.10. The van der Waals surface area contributed by atoms with Gasteiger partial charge in [-0.1, -0.05) is 0 Å². The van der Waals surface area contributed by atoms with E-state index in [9.17, 15) is 22.4 Å². The number of halogens is 4. The molecule has 1 N–H and O–H groups in total. The van der Waals surface area contributed by atoms with Gasteiger partial charge in [-0.25, -0.2) is 4.39 Å². The van der Waals surface area contributed by atoms with Gasteiger partial charge >= 0.3 is 12.1 Å². The van der Waals surface area contributed by atoms with Crippen molar-refractivity contribution in [3.05, 3.63) is 0 Å². The lowest BCUT2D eigenvalue weighted by atomic mass is 10.3. The van der Waals surface area contributed by atoms with Gasteiger partial charge in [0, 0.05) is 6.92 Å². The van der Waals surface area contributed by atoms with Crippen LogP contribution in [0, 0.1) is 0 Å². The van der Waals surface area contributed by atoms with E-state index in [0.717, 1.165) is 0 Å². The molecule has 0 fully saturated rings. The zero-order valence-corrected chi connectivity index (χ0v) is 5.93. The third-order valence-electron chi connectivity index (χ3n) is 0.865. The smallest absolute Gasteiger partial charge is 0.430 e. The highest BCUT2D eigenvalue weighted by Gasteiger charge is 2.47. The van der Waals surface area contributed by atoms with Crippen LogP contribution in [0.1, 0.15) is 6.92 Å². The summed E-state index contributed by atoms with van der Waals surface area (Å²) < 4.78 is 50.2. The molecule has 2 atom stereocenters. The van der Waals surface area contributed by atoms with Crippen molar-refractivity contribution in [2.75, 3.05) is 0 Å². The molecule has 0 bridgehead atoms. The van der Waals surface area contributed by atoms with E-state index in [0.29, 0.717) is 6.92 Å². The van der Waals surface area contributed by atoms with Crippen LogP contribution < -0.4 is 0 Å². The van der Waals surface area contributed by atoms with Gasteiger partial charge in [-0.2, -0.15) is 13.2 Å². The maximum absolute atomic E-state index is 11.8. The minimum absolute atomic E-state index is 0.682. The molecule has 0 amide bonds.